The van der Waals surface area contributed by atoms with Crippen molar-refractivity contribution in [1.82, 2.24) is 0 Å². The summed E-state index contributed by atoms with van der Waals surface area (Å²) in [5.74, 6) is -0.590. The summed E-state index contributed by atoms with van der Waals surface area (Å²) in [6.07, 6.45) is 0. The zero-order valence-electron chi connectivity index (χ0n) is 11.4. The minimum Gasteiger partial charge on any atom is -0.368 e. The van der Waals surface area contributed by atoms with Crippen LogP contribution in [0.15, 0.2) is 48.5 Å². The first-order valence-electron chi connectivity index (χ1n) is 6.62. The third-order valence-corrected chi connectivity index (χ3v) is 3.27. The number of rotatable bonds is 5. The molecule has 2 aromatic rings. The third kappa shape index (κ3) is 3.33. The molecule has 4 heteroatoms. The Balaban J connectivity index is 2.16. The molecule has 2 aromatic carbocycles. The molecule has 0 saturated carbocycles. The normalized spacial score (nSPS) is 12.2. The zero-order chi connectivity index (χ0) is 14.5. The Morgan fingerprint density at radius 3 is 2.50 bits per heavy atom. The first-order chi connectivity index (χ1) is 9.61. The van der Waals surface area contributed by atoms with Crippen molar-refractivity contribution in [2.45, 2.75) is 13.0 Å². The fourth-order valence-corrected chi connectivity index (χ4v) is 2.19. The standard InChI is InChI=1S/C16H18F2N2/c1-2-20(16-9-4-3-8-14(16)18)11-15(19)12-6-5-7-13(17)10-12/h3-10,15H,2,11,19H2,1H3. The number of hydrogen-bond donors (Lipinski definition) is 1. The van der Waals surface area contributed by atoms with Crippen LogP contribution in [0.25, 0.3) is 0 Å². The Hall–Kier alpha value is -1.94. The van der Waals surface area contributed by atoms with Crippen LogP contribution in [0.1, 0.15) is 18.5 Å². The van der Waals surface area contributed by atoms with Gasteiger partial charge < -0.3 is 10.6 Å². The highest BCUT2D eigenvalue weighted by molar-refractivity contribution is 5.48. The molecular formula is C16H18F2N2. The Labute approximate surface area is 117 Å². The first-order valence-corrected chi connectivity index (χ1v) is 6.62. The van der Waals surface area contributed by atoms with Gasteiger partial charge in [-0.15, -0.1) is 0 Å². The van der Waals surface area contributed by atoms with E-state index in [1.54, 1.807) is 30.3 Å². The molecule has 0 radical (unpaired) electrons. The highest BCUT2D eigenvalue weighted by atomic mass is 19.1. The predicted molar refractivity (Wildman–Crippen MR) is 77.6 cm³/mol. The minimum atomic E-state index is -0.370. The largest absolute Gasteiger partial charge is 0.368 e. The summed E-state index contributed by atoms with van der Waals surface area (Å²) in [7, 11) is 0. The zero-order valence-corrected chi connectivity index (χ0v) is 11.4. The average Bonchev–Trinajstić information content (AvgIpc) is 2.45. The van der Waals surface area contributed by atoms with Gasteiger partial charge in [0.2, 0.25) is 0 Å². The molecule has 0 fully saturated rings. The fraction of sp³-hybridized carbons (Fsp3) is 0.250. The van der Waals surface area contributed by atoms with E-state index < -0.39 is 0 Å². The lowest BCUT2D eigenvalue weighted by Gasteiger charge is -2.27. The van der Waals surface area contributed by atoms with Gasteiger partial charge >= 0.3 is 0 Å². The van der Waals surface area contributed by atoms with E-state index in [-0.39, 0.29) is 17.7 Å². The lowest BCUT2D eigenvalue weighted by molar-refractivity contribution is 0.600. The summed E-state index contributed by atoms with van der Waals surface area (Å²) in [6.45, 7) is 3.00. The van der Waals surface area contributed by atoms with Gasteiger partial charge in [0.25, 0.3) is 0 Å². The van der Waals surface area contributed by atoms with Gasteiger partial charge in [0.1, 0.15) is 11.6 Å². The second-order valence-corrected chi connectivity index (χ2v) is 4.65. The number of hydrogen-bond acceptors (Lipinski definition) is 2. The lowest BCUT2D eigenvalue weighted by atomic mass is 10.1. The van der Waals surface area contributed by atoms with Crippen LogP contribution >= 0.6 is 0 Å². The van der Waals surface area contributed by atoms with E-state index in [1.807, 2.05) is 11.8 Å². The molecule has 0 aliphatic rings. The molecule has 0 heterocycles. The van der Waals surface area contributed by atoms with Gasteiger partial charge in [-0.1, -0.05) is 24.3 Å². The summed E-state index contributed by atoms with van der Waals surface area (Å²) >= 11 is 0. The molecule has 0 saturated heterocycles. The predicted octanol–water partition coefficient (Wildman–Crippen LogP) is 3.49. The molecule has 0 amide bonds. The van der Waals surface area contributed by atoms with Crippen molar-refractivity contribution in [3.8, 4) is 0 Å². The fourth-order valence-electron chi connectivity index (χ4n) is 2.19. The lowest BCUT2D eigenvalue weighted by Crippen LogP contribution is -2.32. The number of nitrogens with zero attached hydrogens (tertiary/aromatic N) is 1. The monoisotopic (exact) mass is 276 g/mol. The Kier molecular flexibility index (Phi) is 4.69. The van der Waals surface area contributed by atoms with E-state index in [1.165, 1.54) is 18.2 Å². The highest BCUT2D eigenvalue weighted by Gasteiger charge is 2.14. The number of nitrogens with two attached hydrogens (primary N) is 1. The molecule has 1 atom stereocenters. The maximum atomic E-state index is 13.8. The van der Waals surface area contributed by atoms with Gasteiger partial charge in [-0.05, 0) is 36.8 Å². The van der Waals surface area contributed by atoms with Crippen LogP contribution in [0.3, 0.4) is 0 Å². The number of benzene rings is 2. The molecule has 20 heavy (non-hydrogen) atoms. The second kappa shape index (κ2) is 6.48. The maximum absolute atomic E-state index is 13.8. The summed E-state index contributed by atoms with van der Waals surface area (Å²) in [5.41, 5.74) is 7.32. The Bertz CT molecular complexity index is 572. The second-order valence-electron chi connectivity index (χ2n) is 4.65. The summed E-state index contributed by atoms with van der Waals surface area (Å²) in [4.78, 5) is 1.85. The van der Waals surface area contributed by atoms with Crippen LogP contribution in [0.2, 0.25) is 0 Å². The molecule has 106 valence electrons. The topological polar surface area (TPSA) is 29.3 Å². The van der Waals surface area contributed by atoms with E-state index in [0.29, 0.717) is 24.3 Å². The Morgan fingerprint density at radius 2 is 1.85 bits per heavy atom. The molecular weight excluding hydrogens is 258 g/mol. The first kappa shape index (κ1) is 14.5. The van der Waals surface area contributed by atoms with Gasteiger partial charge in [0.15, 0.2) is 0 Å². The van der Waals surface area contributed by atoms with Crippen molar-refractivity contribution in [1.29, 1.82) is 0 Å². The number of likely N-dealkylation sites (N-methyl/N-ethyl adjacent to an activating group) is 1. The van der Waals surface area contributed by atoms with Crippen LogP contribution in [-0.2, 0) is 0 Å². The van der Waals surface area contributed by atoms with Crippen LogP contribution in [0.5, 0.6) is 0 Å². The number of halogens is 2. The van der Waals surface area contributed by atoms with E-state index in [4.69, 9.17) is 5.73 Å². The van der Waals surface area contributed by atoms with Gasteiger partial charge in [-0.25, -0.2) is 8.78 Å². The highest BCUT2D eigenvalue weighted by Crippen LogP contribution is 2.21. The van der Waals surface area contributed by atoms with Crippen LogP contribution in [0, 0.1) is 11.6 Å². The minimum absolute atomic E-state index is 0.277. The molecule has 2 rings (SSSR count). The van der Waals surface area contributed by atoms with Crippen molar-refractivity contribution in [2.75, 3.05) is 18.0 Å². The van der Waals surface area contributed by atoms with Gasteiger partial charge in [0, 0.05) is 19.1 Å². The van der Waals surface area contributed by atoms with Crippen molar-refractivity contribution < 1.29 is 8.78 Å². The molecule has 2 nitrogen and oxygen atoms in total. The Morgan fingerprint density at radius 1 is 1.10 bits per heavy atom. The quantitative estimate of drug-likeness (QED) is 0.905. The smallest absolute Gasteiger partial charge is 0.146 e. The van der Waals surface area contributed by atoms with Gasteiger partial charge in [-0.3, -0.25) is 0 Å². The SMILES string of the molecule is CCN(CC(N)c1cccc(F)c1)c1ccccc1F. The summed E-state index contributed by atoms with van der Waals surface area (Å²) in [5, 5.41) is 0. The average molecular weight is 276 g/mol. The molecule has 0 aromatic heterocycles. The number of anilines is 1. The summed E-state index contributed by atoms with van der Waals surface area (Å²) < 4.78 is 27.0. The maximum Gasteiger partial charge on any atom is 0.146 e. The molecule has 0 spiro atoms. The van der Waals surface area contributed by atoms with Crippen LogP contribution in [0.4, 0.5) is 14.5 Å². The summed E-state index contributed by atoms with van der Waals surface area (Å²) in [6, 6.07) is 12.4. The van der Waals surface area contributed by atoms with Crippen molar-refractivity contribution >= 4 is 5.69 Å². The van der Waals surface area contributed by atoms with Crippen molar-refractivity contribution in [3.05, 3.63) is 65.7 Å². The molecule has 2 N–H and O–H groups in total. The van der Waals surface area contributed by atoms with E-state index in [2.05, 4.69) is 0 Å². The molecule has 0 bridgehead atoms. The van der Waals surface area contributed by atoms with Crippen LogP contribution < -0.4 is 10.6 Å². The van der Waals surface area contributed by atoms with E-state index in [9.17, 15) is 8.78 Å². The molecule has 1 unspecified atom stereocenters. The third-order valence-electron chi connectivity index (χ3n) is 3.27. The van der Waals surface area contributed by atoms with E-state index >= 15 is 0 Å². The molecule has 0 aliphatic carbocycles. The van der Waals surface area contributed by atoms with Crippen LogP contribution in [-0.4, -0.2) is 13.1 Å². The van der Waals surface area contributed by atoms with Crippen molar-refractivity contribution in [3.63, 3.8) is 0 Å². The molecule has 0 aliphatic heterocycles. The van der Waals surface area contributed by atoms with Crippen molar-refractivity contribution in [2.24, 2.45) is 5.73 Å². The van der Waals surface area contributed by atoms with E-state index in [0.717, 1.165) is 0 Å². The van der Waals surface area contributed by atoms with Gasteiger partial charge in [-0.2, -0.15) is 0 Å². The van der Waals surface area contributed by atoms with Gasteiger partial charge in [0.05, 0.1) is 5.69 Å². The number of para-hydroxylation sites is 1.